The first-order valence-electron chi connectivity index (χ1n) is 7.54. The zero-order valence-corrected chi connectivity index (χ0v) is 12.7. The fourth-order valence-corrected chi connectivity index (χ4v) is 2.68. The summed E-state index contributed by atoms with van der Waals surface area (Å²) >= 11 is 0. The van der Waals surface area contributed by atoms with E-state index < -0.39 is 0 Å². The molecule has 0 amide bonds. The summed E-state index contributed by atoms with van der Waals surface area (Å²) < 4.78 is 13.3. The van der Waals surface area contributed by atoms with E-state index in [1.807, 2.05) is 12.1 Å². The molecule has 120 valence electrons. The summed E-state index contributed by atoms with van der Waals surface area (Å²) in [6.45, 7) is 0. The summed E-state index contributed by atoms with van der Waals surface area (Å²) in [6, 6.07) is 8.02. The predicted octanol–water partition coefficient (Wildman–Crippen LogP) is 2.73. The number of halogens is 1. The fourth-order valence-electron chi connectivity index (χ4n) is 2.68. The molecule has 3 aromatic heterocycles. The zero-order valence-electron chi connectivity index (χ0n) is 12.7. The van der Waals surface area contributed by atoms with E-state index in [4.69, 9.17) is 5.73 Å². The molecule has 0 saturated carbocycles. The van der Waals surface area contributed by atoms with E-state index in [0.29, 0.717) is 17.9 Å². The molecule has 1 aromatic carbocycles. The van der Waals surface area contributed by atoms with Gasteiger partial charge in [0.15, 0.2) is 5.65 Å². The molecule has 3 heterocycles. The van der Waals surface area contributed by atoms with Gasteiger partial charge in [0.1, 0.15) is 11.6 Å². The highest BCUT2D eigenvalue weighted by molar-refractivity contribution is 5.77. The number of aromatic amines is 2. The number of fused-ring (bicyclic) bond motifs is 1. The van der Waals surface area contributed by atoms with Crippen molar-refractivity contribution >= 4 is 11.2 Å². The maximum absolute atomic E-state index is 13.3. The Morgan fingerprint density at radius 3 is 2.88 bits per heavy atom. The Morgan fingerprint density at radius 1 is 1.17 bits per heavy atom. The third-order valence-electron chi connectivity index (χ3n) is 3.88. The van der Waals surface area contributed by atoms with E-state index >= 15 is 0 Å². The Hall–Kier alpha value is -3.06. The molecule has 4 N–H and O–H groups in total. The Bertz CT molecular complexity index is 976. The topological polar surface area (TPSA) is 96.3 Å². The number of hydrogen-bond donors (Lipinski definition) is 3. The van der Waals surface area contributed by atoms with Crippen LogP contribution in [0, 0.1) is 5.82 Å². The predicted molar refractivity (Wildman–Crippen MR) is 88.5 cm³/mol. The highest BCUT2D eigenvalue weighted by atomic mass is 19.1. The van der Waals surface area contributed by atoms with Crippen LogP contribution in [0.2, 0.25) is 0 Å². The lowest BCUT2D eigenvalue weighted by molar-refractivity contribution is 0.619. The molecule has 7 heteroatoms. The van der Waals surface area contributed by atoms with Gasteiger partial charge in [-0.25, -0.2) is 14.4 Å². The van der Waals surface area contributed by atoms with Crippen LogP contribution in [-0.2, 0) is 6.42 Å². The summed E-state index contributed by atoms with van der Waals surface area (Å²) in [6.07, 6.45) is 5.77. The van der Waals surface area contributed by atoms with Gasteiger partial charge in [0.25, 0.3) is 0 Å². The monoisotopic (exact) mass is 322 g/mol. The van der Waals surface area contributed by atoms with Gasteiger partial charge < -0.3 is 10.7 Å². The molecule has 4 aromatic rings. The summed E-state index contributed by atoms with van der Waals surface area (Å²) in [5.74, 6) is 0.363. The average molecular weight is 322 g/mol. The third-order valence-corrected chi connectivity index (χ3v) is 3.88. The number of nitrogens with one attached hydrogen (secondary N) is 2. The van der Waals surface area contributed by atoms with Crippen LogP contribution in [0.4, 0.5) is 4.39 Å². The van der Waals surface area contributed by atoms with Crippen LogP contribution < -0.4 is 5.73 Å². The minimum atomic E-state index is -0.363. The number of rotatable bonds is 4. The molecule has 0 aliphatic rings. The normalized spacial score (nSPS) is 12.6. The van der Waals surface area contributed by atoms with E-state index in [1.165, 1.54) is 12.1 Å². The Kier molecular flexibility index (Phi) is 3.55. The van der Waals surface area contributed by atoms with Gasteiger partial charge in [-0.2, -0.15) is 5.10 Å². The van der Waals surface area contributed by atoms with Crippen LogP contribution in [0.25, 0.3) is 22.3 Å². The molecule has 0 saturated heterocycles. The van der Waals surface area contributed by atoms with Crippen LogP contribution >= 0.6 is 0 Å². The van der Waals surface area contributed by atoms with Crippen molar-refractivity contribution in [1.82, 2.24) is 25.1 Å². The second-order valence-electron chi connectivity index (χ2n) is 5.64. The summed E-state index contributed by atoms with van der Waals surface area (Å²) in [7, 11) is 0. The summed E-state index contributed by atoms with van der Waals surface area (Å²) in [5.41, 5.74) is 10.3. The third kappa shape index (κ3) is 2.77. The van der Waals surface area contributed by atoms with Gasteiger partial charge in [0.2, 0.25) is 0 Å². The summed E-state index contributed by atoms with van der Waals surface area (Å²) in [4.78, 5) is 12.0. The van der Waals surface area contributed by atoms with Gasteiger partial charge in [-0.05, 0) is 30.2 Å². The SMILES string of the molecule is NC(Cc1cccc(F)c1)c1nc2ncc(-c3cn[nH]c3)cc2[nH]1. The molecule has 1 unspecified atom stereocenters. The van der Waals surface area contributed by atoms with E-state index in [0.717, 1.165) is 22.2 Å². The molecule has 0 aliphatic heterocycles. The van der Waals surface area contributed by atoms with Gasteiger partial charge in [0.05, 0.1) is 17.8 Å². The number of pyridine rings is 1. The number of nitrogens with zero attached hydrogens (tertiary/aromatic N) is 3. The second kappa shape index (κ2) is 5.86. The van der Waals surface area contributed by atoms with Crippen LogP contribution in [0.5, 0.6) is 0 Å². The fraction of sp³-hybridized carbons (Fsp3) is 0.118. The lowest BCUT2D eigenvalue weighted by atomic mass is 10.1. The van der Waals surface area contributed by atoms with Crippen molar-refractivity contribution in [3.63, 3.8) is 0 Å². The molecule has 24 heavy (non-hydrogen) atoms. The van der Waals surface area contributed by atoms with E-state index in [1.54, 1.807) is 24.7 Å². The first kappa shape index (κ1) is 14.5. The van der Waals surface area contributed by atoms with Gasteiger partial charge in [-0.3, -0.25) is 5.10 Å². The highest BCUT2D eigenvalue weighted by Gasteiger charge is 2.14. The molecule has 0 radical (unpaired) electrons. The van der Waals surface area contributed by atoms with Crippen molar-refractivity contribution in [3.05, 3.63) is 66.1 Å². The Labute approximate surface area is 137 Å². The minimum Gasteiger partial charge on any atom is -0.339 e. The maximum Gasteiger partial charge on any atom is 0.177 e. The van der Waals surface area contributed by atoms with Crippen LogP contribution in [0.3, 0.4) is 0 Å². The molecular formula is C17H15FN6. The van der Waals surface area contributed by atoms with Crippen LogP contribution in [0.15, 0.2) is 48.9 Å². The molecule has 1 atom stereocenters. The quantitative estimate of drug-likeness (QED) is 0.538. The lowest BCUT2D eigenvalue weighted by Gasteiger charge is -2.08. The van der Waals surface area contributed by atoms with Gasteiger partial charge in [-0.15, -0.1) is 0 Å². The van der Waals surface area contributed by atoms with Crippen molar-refractivity contribution in [2.75, 3.05) is 0 Å². The Morgan fingerprint density at radius 2 is 2.08 bits per heavy atom. The molecule has 0 spiro atoms. The van der Waals surface area contributed by atoms with Crippen LogP contribution in [0.1, 0.15) is 17.4 Å². The zero-order chi connectivity index (χ0) is 16.5. The molecule has 0 bridgehead atoms. The Balaban J connectivity index is 1.62. The largest absolute Gasteiger partial charge is 0.339 e. The number of aromatic nitrogens is 5. The van der Waals surface area contributed by atoms with E-state index in [2.05, 4.69) is 25.1 Å². The first-order chi connectivity index (χ1) is 11.7. The van der Waals surface area contributed by atoms with Crippen molar-refractivity contribution in [2.24, 2.45) is 5.73 Å². The van der Waals surface area contributed by atoms with Crippen molar-refractivity contribution < 1.29 is 4.39 Å². The molecule has 4 rings (SSSR count). The summed E-state index contributed by atoms with van der Waals surface area (Å²) in [5, 5.41) is 6.71. The van der Waals surface area contributed by atoms with Crippen molar-refractivity contribution in [3.8, 4) is 11.1 Å². The molecular weight excluding hydrogens is 307 g/mol. The van der Waals surface area contributed by atoms with Crippen molar-refractivity contribution in [2.45, 2.75) is 12.5 Å². The average Bonchev–Trinajstić information content (AvgIpc) is 3.23. The van der Waals surface area contributed by atoms with Gasteiger partial charge in [-0.1, -0.05) is 12.1 Å². The first-order valence-corrected chi connectivity index (χ1v) is 7.54. The highest BCUT2D eigenvalue weighted by Crippen LogP contribution is 2.22. The standard InChI is InChI=1S/C17H15FN6/c18-13-3-1-2-10(4-13)5-14(19)16-23-15-6-11(7-20-17(15)24-16)12-8-21-22-9-12/h1-4,6-9,14H,5,19H2,(H,21,22)(H,20,23,24). The van der Waals surface area contributed by atoms with E-state index in [-0.39, 0.29) is 11.9 Å². The van der Waals surface area contributed by atoms with E-state index in [9.17, 15) is 4.39 Å². The second-order valence-corrected chi connectivity index (χ2v) is 5.64. The van der Waals surface area contributed by atoms with Crippen LogP contribution in [-0.4, -0.2) is 25.1 Å². The molecule has 6 nitrogen and oxygen atoms in total. The number of nitrogens with two attached hydrogens (primary N) is 1. The molecule has 0 aliphatic carbocycles. The minimum absolute atomic E-state index is 0.268. The number of hydrogen-bond acceptors (Lipinski definition) is 4. The van der Waals surface area contributed by atoms with Gasteiger partial charge in [0, 0.05) is 23.5 Å². The maximum atomic E-state index is 13.3. The number of H-pyrrole nitrogens is 2. The molecule has 0 fully saturated rings. The van der Waals surface area contributed by atoms with Gasteiger partial charge >= 0.3 is 0 Å². The number of benzene rings is 1. The lowest BCUT2D eigenvalue weighted by Crippen LogP contribution is -2.15. The number of imidazole rings is 1. The van der Waals surface area contributed by atoms with Crippen molar-refractivity contribution in [1.29, 1.82) is 0 Å². The smallest absolute Gasteiger partial charge is 0.177 e.